The fourth-order valence-corrected chi connectivity index (χ4v) is 2.85. The van der Waals surface area contributed by atoms with Crippen molar-refractivity contribution < 1.29 is 29.0 Å². The van der Waals surface area contributed by atoms with Crippen molar-refractivity contribution in [3.8, 4) is 11.5 Å². The molecule has 0 aliphatic heterocycles. The van der Waals surface area contributed by atoms with Crippen molar-refractivity contribution in [3.05, 3.63) is 59.1 Å². The van der Waals surface area contributed by atoms with E-state index in [0.29, 0.717) is 27.8 Å². The Morgan fingerprint density at radius 1 is 1.10 bits per heavy atom. The first-order valence-corrected chi connectivity index (χ1v) is 9.69. The third-order valence-corrected chi connectivity index (χ3v) is 4.58. The van der Waals surface area contributed by atoms with E-state index in [1.807, 2.05) is 0 Å². The second kappa shape index (κ2) is 11.6. The summed E-state index contributed by atoms with van der Waals surface area (Å²) in [4.78, 5) is 35.9. The standard InChI is InChI=1S/C22H23ClN2O6/c1-30-18-10-7-14(13-19(18)31-2)8-11-20(26)24-17(9-12-21(27)28)22(29)25-16-6-4-3-5-15(16)23/h3-8,10-11,13,17H,9,12H2,1-2H3,(H,24,26)(H,25,29)(H,27,28)/b11-8+/t17-/m0/s1. The molecule has 0 aliphatic carbocycles. The topological polar surface area (TPSA) is 114 Å². The molecule has 2 aromatic rings. The number of methoxy groups -OCH3 is 2. The molecule has 2 aromatic carbocycles. The molecule has 0 saturated heterocycles. The zero-order valence-electron chi connectivity index (χ0n) is 17.1. The number of carbonyl (C=O) groups excluding carboxylic acids is 2. The van der Waals surface area contributed by atoms with E-state index in [1.54, 1.807) is 42.5 Å². The van der Waals surface area contributed by atoms with Gasteiger partial charge < -0.3 is 25.2 Å². The second-order valence-electron chi connectivity index (χ2n) is 6.41. The van der Waals surface area contributed by atoms with Crippen molar-refractivity contribution in [2.24, 2.45) is 0 Å². The van der Waals surface area contributed by atoms with Crippen molar-refractivity contribution in [2.75, 3.05) is 19.5 Å². The molecule has 0 bridgehead atoms. The molecule has 164 valence electrons. The number of hydrogen-bond donors (Lipinski definition) is 3. The Bertz CT molecular complexity index is 976. The fourth-order valence-electron chi connectivity index (χ4n) is 2.67. The van der Waals surface area contributed by atoms with Crippen molar-refractivity contribution in [1.82, 2.24) is 5.32 Å². The molecule has 0 aromatic heterocycles. The predicted molar refractivity (Wildman–Crippen MR) is 117 cm³/mol. The number of halogens is 1. The highest BCUT2D eigenvalue weighted by atomic mass is 35.5. The molecule has 0 saturated carbocycles. The fraction of sp³-hybridized carbons (Fsp3) is 0.227. The number of ether oxygens (including phenoxy) is 2. The van der Waals surface area contributed by atoms with Gasteiger partial charge in [0.05, 0.1) is 24.9 Å². The van der Waals surface area contributed by atoms with Crippen LogP contribution in [0, 0.1) is 0 Å². The van der Waals surface area contributed by atoms with Gasteiger partial charge in [-0.05, 0) is 42.3 Å². The number of hydrogen-bond acceptors (Lipinski definition) is 5. The first-order chi connectivity index (χ1) is 14.8. The Labute approximate surface area is 184 Å². The summed E-state index contributed by atoms with van der Waals surface area (Å²) < 4.78 is 10.4. The molecule has 0 spiro atoms. The van der Waals surface area contributed by atoms with Crippen molar-refractivity contribution in [1.29, 1.82) is 0 Å². The number of anilines is 1. The van der Waals surface area contributed by atoms with E-state index in [1.165, 1.54) is 26.4 Å². The van der Waals surface area contributed by atoms with Gasteiger partial charge in [-0.2, -0.15) is 0 Å². The van der Waals surface area contributed by atoms with Gasteiger partial charge >= 0.3 is 5.97 Å². The van der Waals surface area contributed by atoms with Crippen LogP contribution < -0.4 is 20.1 Å². The normalized spacial score (nSPS) is 11.6. The van der Waals surface area contributed by atoms with Crippen LogP contribution in [0.15, 0.2) is 48.5 Å². The summed E-state index contributed by atoms with van der Waals surface area (Å²) in [5.41, 5.74) is 1.04. The van der Waals surface area contributed by atoms with Gasteiger partial charge in [0.2, 0.25) is 11.8 Å². The molecule has 3 N–H and O–H groups in total. The molecule has 2 amide bonds. The van der Waals surface area contributed by atoms with Crippen molar-refractivity contribution >= 4 is 41.1 Å². The van der Waals surface area contributed by atoms with E-state index in [9.17, 15) is 14.4 Å². The number of benzene rings is 2. The van der Waals surface area contributed by atoms with Gasteiger partial charge in [0.1, 0.15) is 6.04 Å². The van der Waals surface area contributed by atoms with E-state index in [0.717, 1.165) is 0 Å². The quantitative estimate of drug-likeness (QED) is 0.482. The molecule has 9 heteroatoms. The van der Waals surface area contributed by atoms with Gasteiger partial charge in [0.25, 0.3) is 0 Å². The zero-order chi connectivity index (χ0) is 22.8. The maximum Gasteiger partial charge on any atom is 0.303 e. The summed E-state index contributed by atoms with van der Waals surface area (Å²) in [6, 6.07) is 10.7. The Morgan fingerprint density at radius 3 is 2.45 bits per heavy atom. The summed E-state index contributed by atoms with van der Waals surface area (Å²) in [6.45, 7) is 0. The summed E-state index contributed by atoms with van der Waals surface area (Å²) in [5.74, 6) is -1.15. The third kappa shape index (κ3) is 7.35. The van der Waals surface area contributed by atoms with Gasteiger partial charge in [-0.1, -0.05) is 29.8 Å². The molecule has 0 radical (unpaired) electrons. The molecule has 0 aliphatic rings. The monoisotopic (exact) mass is 446 g/mol. The Morgan fingerprint density at radius 2 is 1.81 bits per heavy atom. The maximum absolute atomic E-state index is 12.6. The molecule has 2 rings (SSSR count). The predicted octanol–water partition coefficient (Wildman–Crippen LogP) is 3.36. The summed E-state index contributed by atoms with van der Waals surface area (Å²) in [7, 11) is 3.02. The Balaban J connectivity index is 2.09. The van der Waals surface area contributed by atoms with Crippen LogP contribution in [-0.2, 0) is 14.4 Å². The highest BCUT2D eigenvalue weighted by Gasteiger charge is 2.21. The maximum atomic E-state index is 12.6. The van der Waals surface area contributed by atoms with E-state index < -0.39 is 23.8 Å². The minimum atomic E-state index is -1.08. The average molecular weight is 447 g/mol. The van der Waals surface area contributed by atoms with Crippen LogP contribution in [-0.4, -0.2) is 43.2 Å². The third-order valence-electron chi connectivity index (χ3n) is 4.25. The van der Waals surface area contributed by atoms with Gasteiger partial charge in [-0.3, -0.25) is 14.4 Å². The van der Waals surface area contributed by atoms with Crippen molar-refractivity contribution in [2.45, 2.75) is 18.9 Å². The van der Waals surface area contributed by atoms with Crippen LogP contribution in [0.25, 0.3) is 6.08 Å². The number of carboxylic acid groups (broad SMARTS) is 1. The van der Waals surface area contributed by atoms with Gasteiger partial charge in [-0.15, -0.1) is 0 Å². The van der Waals surface area contributed by atoms with Gasteiger partial charge in [0, 0.05) is 12.5 Å². The van der Waals surface area contributed by atoms with Gasteiger partial charge in [-0.25, -0.2) is 0 Å². The lowest BCUT2D eigenvalue weighted by molar-refractivity contribution is -0.137. The lowest BCUT2D eigenvalue weighted by Crippen LogP contribution is -2.43. The van der Waals surface area contributed by atoms with E-state index in [4.69, 9.17) is 26.2 Å². The van der Waals surface area contributed by atoms with Crippen LogP contribution in [0.5, 0.6) is 11.5 Å². The zero-order valence-corrected chi connectivity index (χ0v) is 17.8. The first-order valence-electron chi connectivity index (χ1n) is 9.31. The molecule has 31 heavy (non-hydrogen) atoms. The van der Waals surface area contributed by atoms with Crippen LogP contribution in [0.1, 0.15) is 18.4 Å². The lowest BCUT2D eigenvalue weighted by Gasteiger charge is -2.17. The number of aliphatic carboxylic acids is 1. The highest BCUT2D eigenvalue weighted by Crippen LogP contribution is 2.28. The number of rotatable bonds is 10. The number of carboxylic acids is 1. The smallest absolute Gasteiger partial charge is 0.303 e. The average Bonchev–Trinajstić information content (AvgIpc) is 2.76. The lowest BCUT2D eigenvalue weighted by atomic mass is 10.1. The number of para-hydroxylation sites is 1. The van der Waals surface area contributed by atoms with E-state index in [-0.39, 0.29) is 12.8 Å². The van der Waals surface area contributed by atoms with E-state index in [2.05, 4.69) is 10.6 Å². The minimum absolute atomic E-state index is 0.0818. The van der Waals surface area contributed by atoms with Crippen molar-refractivity contribution in [3.63, 3.8) is 0 Å². The molecule has 1 atom stereocenters. The molecular formula is C22H23ClN2O6. The summed E-state index contributed by atoms with van der Waals surface area (Å²) in [5, 5.41) is 14.4. The number of nitrogens with one attached hydrogen (secondary N) is 2. The largest absolute Gasteiger partial charge is 0.493 e. The van der Waals surface area contributed by atoms with Crippen LogP contribution in [0.3, 0.4) is 0 Å². The number of amides is 2. The molecule has 0 heterocycles. The minimum Gasteiger partial charge on any atom is -0.493 e. The second-order valence-corrected chi connectivity index (χ2v) is 6.82. The Hall–Kier alpha value is -3.52. The van der Waals surface area contributed by atoms with Crippen LogP contribution >= 0.6 is 11.6 Å². The first kappa shape index (κ1) is 23.8. The van der Waals surface area contributed by atoms with Crippen LogP contribution in [0.4, 0.5) is 5.69 Å². The molecule has 0 fully saturated rings. The number of carbonyl (C=O) groups is 3. The summed E-state index contributed by atoms with van der Waals surface area (Å²) >= 11 is 6.04. The Kier molecular flexibility index (Phi) is 8.90. The highest BCUT2D eigenvalue weighted by molar-refractivity contribution is 6.33. The molecular weight excluding hydrogens is 424 g/mol. The van der Waals surface area contributed by atoms with E-state index >= 15 is 0 Å². The summed E-state index contributed by atoms with van der Waals surface area (Å²) in [6.07, 6.45) is 2.41. The van der Waals surface area contributed by atoms with Crippen LogP contribution in [0.2, 0.25) is 5.02 Å². The van der Waals surface area contributed by atoms with Gasteiger partial charge in [0.15, 0.2) is 11.5 Å². The molecule has 0 unspecified atom stereocenters. The molecule has 8 nitrogen and oxygen atoms in total. The SMILES string of the molecule is COc1ccc(/C=C/C(=O)N[C@@H](CCC(=O)O)C(=O)Nc2ccccc2Cl)cc1OC.